The first-order valence-corrected chi connectivity index (χ1v) is 7.91. The highest BCUT2D eigenvalue weighted by Gasteiger charge is 2.22. The number of aromatic nitrogens is 3. The summed E-state index contributed by atoms with van der Waals surface area (Å²) in [5.74, 6) is 4.79. The van der Waals surface area contributed by atoms with Crippen molar-refractivity contribution in [2.45, 2.75) is 17.6 Å². The Balaban J connectivity index is 1.95. The fourth-order valence-electron chi connectivity index (χ4n) is 1.90. The van der Waals surface area contributed by atoms with Gasteiger partial charge in [0.15, 0.2) is 0 Å². The Hall–Kier alpha value is -2.75. The van der Waals surface area contributed by atoms with Crippen LogP contribution in [0.2, 0.25) is 0 Å². The molecule has 24 heavy (non-hydrogen) atoms. The van der Waals surface area contributed by atoms with Gasteiger partial charge in [0, 0.05) is 6.42 Å². The molecule has 0 bridgehead atoms. The van der Waals surface area contributed by atoms with Gasteiger partial charge < -0.3 is 21.0 Å². The third-order valence-corrected chi connectivity index (χ3v) is 4.03. The molecule has 2 aromatic rings. The smallest absolute Gasteiger partial charge is 0.328 e. The standard InChI is InChI=1S/C14H17N5O4S/c1-23-13(22)11(6-9-2-4-10(20)5-3-9)17-12(21)7-24-14-18-16-8-19(14)15/h2-5,8,11,20H,6-7,15H2,1H3,(H,17,21). The van der Waals surface area contributed by atoms with Gasteiger partial charge in [-0.05, 0) is 17.7 Å². The van der Waals surface area contributed by atoms with Crippen molar-refractivity contribution in [1.29, 1.82) is 0 Å². The number of nitrogens with two attached hydrogens (primary N) is 1. The van der Waals surface area contributed by atoms with Gasteiger partial charge in [0.25, 0.3) is 0 Å². The summed E-state index contributed by atoms with van der Waals surface area (Å²) in [6.45, 7) is 0. The quantitative estimate of drug-likeness (QED) is 0.351. The van der Waals surface area contributed by atoms with Crippen LogP contribution in [0.4, 0.5) is 0 Å². The number of carbonyl (C=O) groups is 2. The molecule has 2 rings (SSSR count). The number of aromatic hydroxyl groups is 1. The number of phenols is 1. The SMILES string of the molecule is COC(=O)C(Cc1ccc(O)cc1)NC(=O)CSc1nncn1N. The Morgan fingerprint density at radius 3 is 2.71 bits per heavy atom. The van der Waals surface area contributed by atoms with Crippen LogP contribution < -0.4 is 11.2 Å². The van der Waals surface area contributed by atoms with Crippen LogP contribution in [0.3, 0.4) is 0 Å². The number of phenolic OH excluding ortho intramolecular Hbond substituents is 1. The molecule has 1 atom stereocenters. The maximum absolute atomic E-state index is 12.0. The number of nitrogens with zero attached hydrogens (tertiary/aromatic N) is 3. The average molecular weight is 351 g/mol. The first-order chi connectivity index (χ1) is 11.5. The molecule has 1 heterocycles. The molecule has 0 saturated carbocycles. The number of ether oxygens (including phenoxy) is 1. The minimum absolute atomic E-state index is 0.0268. The molecular formula is C14H17N5O4S. The molecule has 0 radical (unpaired) electrons. The van der Waals surface area contributed by atoms with Crippen molar-refractivity contribution in [2.24, 2.45) is 0 Å². The van der Waals surface area contributed by atoms with Crippen LogP contribution in [0.15, 0.2) is 35.7 Å². The molecule has 0 aliphatic rings. The van der Waals surface area contributed by atoms with E-state index in [1.165, 1.54) is 30.2 Å². The van der Waals surface area contributed by atoms with Gasteiger partial charge in [0.05, 0.1) is 12.9 Å². The lowest BCUT2D eigenvalue weighted by atomic mass is 10.1. The molecule has 0 aliphatic heterocycles. The Morgan fingerprint density at radius 1 is 1.42 bits per heavy atom. The number of amides is 1. The normalized spacial score (nSPS) is 11.7. The van der Waals surface area contributed by atoms with Gasteiger partial charge in [0.2, 0.25) is 11.1 Å². The summed E-state index contributed by atoms with van der Waals surface area (Å²) in [6, 6.07) is 5.53. The number of esters is 1. The van der Waals surface area contributed by atoms with Gasteiger partial charge in [-0.15, -0.1) is 10.2 Å². The minimum Gasteiger partial charge on any atom is -0.508 e. The number of hydrogen-bond donors (Lipinski definition) is 3. The third-order valence-electron chi connectivity index (χ3n) is 3.07. The van der Waals surface area contributed by atoms with Crippen LogP contribution in [0.1, 0.15) is 5.56 Å². The lowest BCUT2D eigenvalue weighted by molar-refractivity contribution is -0.144. The van der Waals surface area contributed by atoms with Gasteiger partial charge >= 0.3 is 5.97 Å². The first-order valence-electron chi connectivity index (χ1n) is 6.92. The zero-order valence-electron chi connectivity index (χ0n) is 12.9. The lowest BCUT2D eigenvalue weighted by Crippen LogP contribution is -2.43. The summed E-state index contributed by atoms with van der Waals surface area (Å²) in [5.41, 5.74) is 0.776. The number of rotatable bonds is 7. The van der Waals surface area contributed by atoms with Crippen LogP contribution in [-0.4, -0.2) is 50.8 Å². The topological polar surface area (TPSA) is 132 Å². The van der Waals surface area contributed by atoms with E-state index in [1.54, 1.807) is 12.1 Å². The van der Waals surface area contributed by atoms with Crippen LogP contribution >= 0.6 is 11.8 Å². The van der Waals surface area contributed by atoms with Crippen molar-refractivity contribution >= 4 is 23.6 Å². The number of nitrogen functional groups attached to an aromatic ring is 1. The zero-order valence-corrected chi connectivity index (χ0v) is 13.7. The molecule has 1 amide bonds. The summed E-state index contributed by atoms with van der Waals surface area (Å²) in [7, 11) is 1.25. The molecule has 0 fully saturated rings. The van der Waals surface area contributed by atoms with Gasteiger partial charge in [-0.3, -0.25) is 4.79 Å². The van der Waals surface area contributed by atoms with E-state index < -0.39 is 12.0 Å². The Morgan fingerprint density at radius 2 is 2.12 bits per heavy atom. The number of nitrogens with one attached hydrogen (secondary N) is 1. The van der Waals surface area contributed by atoms with Gasteiger partial charge in [-0.1, -0.05) is 23.9 Å². The predicted molar refractivity (Wildman–Crippen MR) is 86.7 cm³/mol. The molecule has 0 saturated heterocycles. The average Bonchev–Trinajstić information content (AvgIpc) is 2.98. The highest BCUT2D eigenvalue weighted by molar-refractivity contribution is 7.99. The lowest BCUT2D eigenvalue weighted by Gasteiger charge is -2.16. The minimum atomic E-state index is -0.830. The first kappa shape index (κ1) is 17.6. The van der Waals surface area contributed by atoms with Crippen LogP contribution in [0.25, 0.3) is 0 Å². The summed E-state index contributed by atoms with van der Waals surface area (Å²) in [6.07, 6.45) is 1.57. The second-order valence-corrected chi connectivity index (χ2v) is 5.77. The fourth-order valence-corrected chi connectivity index (χ4v) is 2.55. The van der Waals surface area contributed by atoms with Crippen LogP contribution in [0, 0.1) is 0 Å². The van der Waals surface area contributed by atoms with Gasteiger partial charge in [-0.25, -0.2) is 9.47 Å². The number of methoxy groups -OCH3 is 1. The second kappa shape index (κ2) is 8.20. The highest BCUT2D eigenvalue weighted by Crippen LogP contribution is 2.13. The molecule has 0 aliphatic carbocycles. The largest absolute Gasteiger partial charge is 0.508 e. The molecule has 9 nitrogen and oxygen atoms in total. The fraction of sp³-hybridized carbons (Fsp3) is 0.286. The van der Waals surface area contributed by atoms with Gasteiger partial charge in [0.1, 0.15) is 18.1 Å². The molecule has 0 spiro atoms. The molecule has 10 heteroatoms. The monoisotopic (exact) mass is 351 g/mol. The van der Waals surface area contributed by atoms with E-state index in [1.807, 2.05) is 0 Å². The van der Waals surface area contributed by atoms with E-state index in [-0.39, 0.29) is 23.8 Å². The maximum atomic E-state index is 12.0. The Kier molecular flexibility index (Phi) is 6.01. The molecule has 1 aromatic carbocycles. The van der Waals surface area contributed by atoms with Gasteiger partial charge in [-0.2, -0.15) is 0 Å². The Labute approximate surface area is 142 Å². The van der Waals surface area contributed by atoms with Crippen molar-refractivity contribution in [3.8, 4) is 5.75 Å². The van der Waals surface area contributed by atoms with Crippen molar-refractivity contribution < 1.29 is 19.4 Å². The molecule has 1 unspecified atom stereocenters. The second-order valence-electron chi connectivity index (χ2n) is 4.82. The summed E-state index contributed by atoms with van der Waals surface area (Å²) >= 11 is 1.10. The van der Waals surface area contributed by atoms with Crippen LogP contribution in [0.5, 0.6) is 5.75 Å². The molecule has 4 N–H and O–H groups in total. The number of hydrogen-bond acceptors (Lipinski definition) is 8. The van der Waals surface area contributed by atoms with E-state index in [0.717, 1.165) is 17.3 Å². The third kappa shape index (κ3) is 4.88. The van der Waals surface area contributed by atoms with E-state index in [2.05, 4.69) is 15.5 Å². The molecular weight excluding hydrogens is 334 g/mol. The summed E-state index contributed by atoms with van der Waals surface area (Å²) in [5, 5.41) is 19.6. The van der Waals surface area contributed by atoms with Crippen LogP contribution in [-0.2, 0) is 20.7 Å². The molecule has 128 valence electrons. The highest BCUT2D eigenvalue weighted by atomic mass is 32.2. The summed E-state index contributed by atoms with van der Waals surface area (Å²) < 4.78 is 5.92. The van der Waals surface area contributed by atoms with E-state index in [0.29, 0.717) is 5.16 Å². The van der Waals surface area contributed by atoms with Crippen molar-refractivity contribution in [3.05, 3.63) is 36.2 Å². The predicted octanol–water partition coefficient (Wildman–Crippen LogP) is -0.310. The molecule has 1 aromatic heterocycles. The summed E-state index contributed by atoms with van der Waals surface area (Å²) in [4.78, 5) is 23.9. The van der Waals surface area contributed by atoms with Crippen molar-refractivity contribution in [1.82, 2.24) is 20.2 Å². The van der Waals surface area contributed by atoms with Crippen molar-refractivity contribution in [3.63, 3.8) is 0 Å². The number of benzene rings is 1. The number of thioether (sulfide) groups is 1. The van der Waals surface area contributed by atoms with E-state index in [9.17, 15) is 14.7 Å². The van der Waals surface area contributed by atoms with Crippen molar-refractivity contribution in [2.75, 3.05) is 18.7 Å². The Bertz CT molecular complexity index is 703. The van der Waals surface area contributed by atoms with E-state index in [4.69, 9.17) is 10.6 Å². The van der Waals surface area contributed by atoms with E-state index >= 15 is 0 Å². The maximum Gasteiger partial charge on any atom is 0.328 e. The zero-order chi connectivity index (χ0) is 17.5. The number of carbonyl (C=O) groups excluding carboxylic acids is 2.